The maximum Gasteiger partial charge on any atom is 0.471 e. The molecule has 0 aromatic heterocycles. The third-order valence-electron chi connectivity index (χ3n) is 4.34. The first kappa shape index (κ1) is 15.4. The number of nitrogens with zero attached hydrogens (tertiary/aromatic N) is 3. The molecule has 1 aliphatic carbocycles. The summed E-state index contributed by atoms with van der Waals surface area (Å²) in [6, 6.07) is 2.45. The number of fused-ring (bicyclic) bond motifs is 5. The van der Waals surface area contributed by atoms with E-state index in [2.05, 4.69) is 5.18 Å². The molecule has 7 nitrogen and oxygen atoms in total. The monoisotopic (exact) mass is 329 g/mol. The molecule has 1 heterocycles. The first-order chi connectivity index (χ1) is 10.7. The van der Waals surface area contributed by atoms with Gasteiger partial charge in [0.2, 0.25) is 0 Å². The van der Waals surface area contributed by atoms with Crippen LogP contribution in [0.4, 0.5) is 24.5 Å². The molecular formula is C13H10F3N3O4. The maximum atomic E-state index is 12.6. The van der Waals surface area contributed by atoms with Gasteiger partial charge < -0.3 is 4.90 Å². The second-order valence-electron chi connectivity index (χ2n) is 5.66. The van der Waals surface area contributed by atoms with Gasteiger partial charge in [0.25, 0.3) is 5.69 Å². The number of nitroso groups, excluding NO2 is 1. The second kappa shape index (κ2) is 5.00. The van der Waals surface area contributed by atoms with E-state index in [4.69, 9.17) is 0 Å². The summed E-state index contributed by atoms with van der Waals surface area (Å²) in [4.78, 5) is 33.1. The van der Waals surface area contributed by atoms with Crippen LogP contribution in [-0.2, 0) is 4.79 Å². The van der Waals surface area contributed by atoms with Gasteiger partial charge in [-0.3, -0.25) is 14.9 Å². The summed E-state index contributed by atoms with van der Waals surface area (Å²) in [6.07, 6.45) is -4.46. The normalized spacial score (nSPS) is 22.7. The van der Waals surface area contributed by atoms with Crippen molar-refractivity contribution in [3.63, 3.8) is 0 Å². The number of amides is 1. The number of benzene rings is 1. The third-order valence-corrected chi connectivity index (χ3v) is 4.34. The van der Waals surface area contributed by atoms with Crippen LogP contribution >= 0.6 is 0 Å². The average Bonchev–Trinajstić information content (AvgIpc) is 2.74. The molecule has 1 amide bonds. The lowest BCUT2D eigenvalue weighted by Gasteiger charge is -2.32. The Balaban J connectivity index is 1.98. The van der Waals surface area contributed by atoms with Crippen molar-refractivity contribution in [3.8, 4) is 0 Å². The van der Waals surface area contributed by atoms with Crippen LogP contribution in [0.1, 0.15) is 29.4 Å². The van der Waals surface area contributed by atoms with E-state index in [1.165, 1.54) is 12.1 Å². The minimum absolute atomic E-state index is 0.127. The molecule has 2 aliphatic rings. The Kier molecular flexibility index (Phi) is 3.34. The first-order valence-electron chi connectivity index (χ1n) is 6.74. The van der Waals surface area contributed by atoms with Crippen LogP contribution in [0.2, 0.25) is 0 Å². The molecule has 0 radical (unpaired) electrons. The molecule has 3 rings (SSSR count). The fourth-order valence-corrected chi connectivity index (χ4v) is 3.43. The highest BCUT2D eigenvalue weighted by Crippen LogP contribution is 2.49. The molecular weight excluding hydrogens is 319 g/mol. The maximum absolute atomic E-state index is 12.6. The van der Waals surface area contributed by atoms with Crippen molar-refractivity contribution in [2.75, 3.05) is 13.1 Å². The smallest absolute Gasteiger partial charge is 0.334 e. The van der Waals surface area contributed by atoms with Crippen LogP contribution in [0.15, 0.2) is 17.3 Å². The zero-order valence-corrected chi connectivity index (χ0v) is 11.5. The van der Waals surface area contributed by atoms with E-state index in [1.54, 1.807) is 0 Å². The van der Waals surface area contributed by atoms with Gasteiger partial charge in [-0.05, 0) is 28.8 Å². The first-order valence-corrected chi connectivity index (χ1v) is 6.74. The number of hydrogen-bond acceptors (Lipinski definition) is 5. The van der Waals surface area contributed by atoms with Crippen molar-refractivity contribution in [2.24, 2.45) is 5.18 Å². The van der Waals surface area contributed by atoms with Crippen LogP contribution in [0.25, 0.3) is 0 Å². The molecule has 23 heavy (non-hydrogen) atoms. The lowest BCUT2D eigenvalue weighted by Crippen LogP contribution is -2.46. The minimum atomic E-state index is -4.95. The predicted molar refractivity (Wildman–Crippen MR) is 71.3 cm³/mol. The second-order valence-corrected chi connectivity index (χ2v) is 5.66. The van der Waals surface area contributed by atoms with Crippen molar-refractivity contribution in [1.29, 1.82) is 0 Å². The summed E-state index contributed by atoms with van der Waals surface area (Å²) in [5.74, 6) is -2.70. The third kappa shape index (κ3) is 2.43. The van der Waals surface area contributed by atoms with Gasteiger partial charge in [0.05, 0.1) is 4.92 Å². The molecule has 2 unspecified atom stereocenters. The topological polar surface area (TPSA) is 92.9 Å². The molecule has 1 aromatic carbocycles. The zero-order chi connectivity index (χ0) is 16.9. The van der Waals surface area contributed by atoms with E-state index >= 15 is 0 Å². The number of rotatable bonds is 2. The molecule has 10 heteroatoms. The number of halogens is 3. The van der Waals surface area contributed by atoms with E-state index in [-0.39, 0.29) is 24.7 Å². The van der Waals surface area contributed by atoms with Gasteiger partial charge in [-0.1, -0.05) is 0 Å². The van der Waals surface area contributed by atoms with Gasteiger partial charge in [-0.15, -0.1) is 4.91 Å². The molecule has 1 aromatic rings. The number of carbonyl (C=O) groups excluding carboxylic acids is 1. The SMILES string of the molecule is O=Nc1cc2c(cc1[N+](=O)[O-])C1CC2CN(C(=O)C(F)(F)F)C1. The number of alkyl halides is 3. The number of hydrogen-bond donors (Lipinski definition) is 0. The molecule has 0 N–H and O–H groups in total. The molecule has 122 valence electrons. The van der Waals surface area contributed by atoms with Crippen LogP contribution in [0, 0.1) is 15.0 Å². The van der Waals surface area contributed by atoms with Crippen LogP contribution in [0.3, 0.4) is 0 Å². The average molecular weight is 329 g/mol. The Labute approximate surface area is 127 Å². The van der Waals surface area contributed by atoms with Gasteiger partial charge in [-0.25, -0.2) is 0 Å². The lowest BCUT2D eigenvalue weighted by atomic mass is 9.95. The Morgan fingerprint density at radius 1 is 1.26 bits per heavy atom. The molecule has 2 atom stereocenters. The number of nitro groups is 1. The van der Waals surface area contributed by atoms with Crippen LogP contribution in [0.5, 0.6) is 0 Å². The quantitative estimate of drug-likeness (QED) is 0.473. The summed E-state index contributed by atoms with van der Waals surface area (Å²) in [5, 5.41) is 13.6. The van der Waals surface area contributed by atoms with Crippen molar-refractivity contribution in [2.45, 2.75) is 24.4 Å². The van der Waals surface area contributed by atoms with Gasteiger partial charge >= 0.3 is 12.1 Å². The number of carbonyl (C=O) groups is 1. The lowest BCUT2D eigenvalue weighted by molar-refractivity contribution is -0.384. The van der Waals surface area contributed by atoms with Crippen LogP contribution < -0.4 is 0 Å². The number of nitro benzene ring substituents is 1. The van der Waals surface area contributed by atoms with Crippen molar-refractivity contribution in [3.05, 3.63) is 38.3 Å². The highest BCUT2D eigenvalue weighted by atomic mass is 19.4. The van der Waals surface area contributed by atoms with E-state index < -0.39 is 28.6 Å². The fraction of sp³-hybridized carbons (Fsp3) is 0.462. The Bertz CT molecular complexity index is 719. The fourth-order valence-electron chi connectivity index (χ4n) is 3.43. The Morgan fingerprint density at radius 3 is 2.30 bits per heavy atom. The predicted octanol–water partition coefficient (Wildman–Crippen LogP) is 2.97. The van der Waals surface area contributed by atoms with Crippen molar-refractivity contribution in [1.82, 2.24) is 4.90 Å². The zero-order valence-electron chi connectivity index (χ0n) is 11.5. The Hall–Kier alpha value is -2.52. The summed E-state index contributed by atoms with van der Waals surface area (Å²) < 4.78 is 37.8. The molecule has 1 saturated heterocycles. The molecule has 0 spiro atoms. The summed E-state index contributed by atoms with van der Waals surface area (Å²) >= 11 is 0. The summed E-state index contributed by atoms with van der Waals surface area (Å²) in [6.45, 7) is -0.273. The molecule has 1 aliphatic heterocycles. The standard InChI is InChI=1S/C13H10F3N3O4/c14-13(15,16)12(20)18-4-6-1-7(5-18)9-3-11(19(22)23)10(17-21)2-8(6)9/h2-3,6-7H,1,4-5H2. The van der Waals surface area contributed by atoms with Gasteiger partial charge in [-0.2, -0.15) is 13.2 Å². The highest BCUT2D eigenvalue weighted by molar-refractivity contribution is 5.82. The van der Waals surface area contributed by atoms with Crippen molar-refractivity contribution < 1.29 is 22.9 Å². The highest BCUT2D eigenvalue weighted by Gasteiger charge is 2.48. The van der Waals surface area contributed by atoms with Gasteiger partial charge in [0.1, 0.15) is 0 Å². The minimum Gasteiger partial charge on any atom is -0.334 e. The largest absolute Gasteiger partial charge is 0.471 e. The van der Waals surface area contributed by atoms with E-state index in [1.807, 2.05) is 0 Å². The van der Waals surface area contributed by atoms with Crippen molar-refractivity contribution >= 4 is 17.3 Å². The molecule has 2 bridgehead atoms. The van der Waals surface area contributed by atoms with E-state index in [0.717, 1.165) is 4.90 Å². The Morgan fingerprint density at radius 2 is 1.83 bits per heavy atom. The number of likely N-dealkylation sites (tertiary alicyclic amines) is 1. The van der Waals surface area contributed by atoms with E-state index in [0.29, 0.717) is 17.5 Å². The molecule has 0 saturated carbocycles. The van der Waals surface area contributed by atoms with Gasteiger partial charge in [0, 0.05) is 31.0 Å². The van der Waals surface area contributed by atoms with E-state index in [9.17, 15) is 33.0 Å². The van der Waals surface area contributed by atoms with Crippen LogP contribution in [-0.4, -0.2) is 35.0 Å². The summed E-state index contributed by atoms with van der Waals surface area (Å²) in [7, 11) is 0. The summed E-state index contributed by atoms with van der Waals surface area (Å²) in [5.41, 5.74) is 0.259. The number of piperidine rings is 1. The molecule has 1 fully saturated rings. The van der Waals surface area contributed by atoms with Gasteiger partial charge in [0.15, 0.2) is 5.69 Å².